The van der Waals surface area contributed by atoms with Gasteiger partial charge in [0, 0.05) is 19.9 Å². The largest absolute Gasteiger partial charge is 0.497 e. The van der Waals surface area contributed by atoms with E-state index in [2.05, 4.69) is 34.9 Å². The van der Waals surface area contributed by atoms with E-state index in [9.17, 15) is 9.59 Å². The molecule has 0 radical (unpaired) electrons. The summed E-state index contributed by atoms with van der Waals surface area (Å²) in [4.78, 5) is 24.3. The number of hydrogen-bond donors (Lipinski definition) is 2. The summed E-state index contributed by atoms with van der Waals surface area (Å²) in [5.41, 5.74) is 5.40. The molecule has 0 fully saturated rings. The van der Waals surface area contributed by atoms with E-state index in [1.54, 1.807) is 7.11 Å². The van der Waals surface area contributed by atoms with Gasteiger partial charge in [0.2, 0.25) is 11.8 Å². The number of benzene rings is 3. The zero-order valence-electron chi connectivity index (χ0n) is 18.9. The fraction of sp³-hybridized carbons (Fsp3) is 0.259. The van der Waals surface area contributed by atoms with Crippen LogP contribution >= 0.6 is 0 Å². The fourth-order valence-electron chi connectivity index (χ4n) is 3.97. The van der Waals surface area contributed by atoms with Gasteiger partial charge in [-0.05, 0) is 52.1 Å². The van der Waals surface area contributed by atoms with E-state index in [4.69, 9.17) is 9.47 Å². The molecule has 6 heteroatoms. The van der Waals surface area contributed by atoms with Gasteiger partial charge in [0.15, 0.2) is 0 Å². The average Bonchev–Trinajstić information content (AvgIpc) is 3.30. The van der Waals surface area contributed by atoms with E-state index in [0.29, 0.717) is 6.54 Å². The second-order valence-corrected chi connectivity index (χ2v) is 8.13. The van der Waals surface area contributed by atoms with Crippen LogP contribution in [0.2, 0.25) is 0 Å². The van der Waals surface area contributed by atoms with E-state index in [-0.39, 0.29) is 18.2 Å². The zero-order valence-corrected chi connectivity index (χ0v) is 18.9. The Balaban J connectivity index is 1.35. The van der Waals surface area contributed by atoms with Gasteiger partial charge in [-0.25, -0.2) is 0 Å². The van der Waals surface area contributed by atoms with Crippen molar-refractivity contribution in [1.29, 1.82) is 0 Å². The van der Waals surface area contributed by atoms with Crippen molar-refractivity contribution in [3.63, 3.8) is 0 Å². The van der Waals surface area contributed by atoms with Crippen LogP contribution in [-0.4, -0.2) is 25.5 Å². The van der Waals surface area contributed by atoms with Gasteiger partial charge in [-0.2, -0.15) is 0 Å². The molecule has 2 N–H and O–H groups in total. The Morgan fingerprint density at radius 3 is 2.42 bits per heavy atom. The summed E-state index contributed by atoms with van der Waals surface area (Å²) < 4.78 is 10.8. The van der Waals surface area contributed by atoms with Crippen LogP contribution in [0.3, 0.4) is 0 Å². The molecular formula is C27H28N2O4. The quantitative estimate of drug-likeness (QED) is 0.547. The van der Waals surface area contributed by atoms with Crippen LogP contribution in [0.5, 0.6) is 11.5 Å². The van der Waals surface area contributed by atoms with Crippen molar-refractivity contribution < 1.29 is 19.1 Å². The summed E-state index contributed by atoms with van der Waals surface area (Å²) in [5, 5.41) is 5.81. The molecule has 0 bridgehead atoms. The van der Waals surface area contributed by atoms with Crippen molar-refractivity contribution in [2.75, 3.05) is 13.7 Å². The molecule has 1 unspecified atom stereocenters. The highest BCUT2D eigenvalue weighted by atomic mass is 16.5. The Morgan fingerprint density at radius 1 is 1.00 bits per heavy atom. The first kappa shape index (κ1) is 22.4. The van der Waals surface area contributed by atoms with Crippen LogP contribution in [0.15, 0.2) is 66.7 Å². The van der Waals surface area contributed by atoms with Gasteiger partial charge in [0.1, 0.15) is 11.5 Å². The number of ether oxygens (including phenoxy) is 2. The summed E-state index contributed by atoms with van der Waals surface area (Å²) >= 11 is 0. The molecule has 33 heavy (non-hydrogen) atoms. The number of amides is 2. The van der Waals surface area contributed by atoms with Crippen LogP contribution in [-0.2, 0) is 22.6 Å². The molecule has 170 valence electrons. The van der Waals surface area contributed by atoms with Gasteiger partial charge in [0.25, 0.3) is 0 Å². The number of methoxy groups -OCH3 is 1. The minimum Gasteiger partial charge on any atom is -0.497 e. The second-order valence-electron chi connectivity index (χ2n) is 8.13. The van der Waals surface area contributed by atoms with E-state index in [1.165, 1.54) is 12.5 Å². The minimum atomic E-state index is -0.403. The Hall–Kier alpha value is -3.80. The standard InChI is InChI=1S/C27H28N2O4/c1-18(30)29-25(21-7-10-24(32-2)11-8-21)16-27(31)28-17-19-3-5-20(6-4-19)22-9-12-26-23(15-22)13-14-33-26/h3-12,15,25H,13-14,16-17H2,1-2H3,(H,28,31)(H,29,30). The number of fused-ring (bicyclic) bond motifs is 1. The molecule has 1 aliphatic rings. The predicted molar refractivity (Wildman–Crippen MR) is 127 cm³/mol. The van der Waals surface area contributed by atoms with Gasteiger partial charge < -0.3 is 20.1 Å². The van der Waals surface area contributed by atoms with Gasteiger partial charge in [0.05, 0.1) is 26.2 Å². The van der Waals surface area contributed by atoms with Crippen molar-refractivity contribution in [3.8, 4) is 22.6 Å². The van der Waals surface area contributed by atoms with Gasteiger partial charge in [-0.15, -0.1) is 0 Å². The average molecular weight is 445 g/mol. The highest BCUT2D eigenvalue weighted by Gasteiger charge is 2.17. The molecule has 6 nitrogen and oxygen atoms in total. The number of carbonyl (C=O) groups excluding carboxylic acids is 2. The van der Waals surface area contributed by atoms with Crippen molar-refractivity contribution in [1.82, 2.24) is 10.6 Å². The maximum atomic E-state index is 12.6. The van der Waals surface area contributed by atoms with Gasteiger partial charge in [-0.1, -0.05) is 42.5 Å². The van der Waals surface area contributed by atoms with Gasteiger partial charge in [-0.3, -0.25) is 9.59 Å². The van der Waals surface area contributed by atoms with Crippen LogP contribution in [0.25, 0.3) is 11.1 Å². The Morgan fingerprint density at radius 2 is 1.73 bits per heavy atom. The lowest BCUT2D eigenvalue weighted by Crippen LogP contribution is -2.32. The van der Waals surface area contributed by atoms with E-state index < -0.39 is 6.04 Å². The summed E-state index contributed by atoms with van der Waals surface area (Å²) in [6.45, 7) is 2.62. The highest BCUT2D eigenvalue weighted by molar-refractivity contribution is 5.79. The van der Waals surface area contributed by atoms with E-state index >= 15 is 0 Å². The Kier molecular flexibility index (Phi) is 6.93. The van der Waals surface area contributed by atoms with Crippen LogP contribution < -0.4 is 20.1 Å². The van der Waals surface area contributed by atoms with Crippen LogP contribution in [0.4, 0.5) is 0 Å². The Labute approximate surface area is 193 Å². The first-order valence-electron chi connectivity index (χ1n) is 11.0. The lowest BCUT2D eigenvalue weighted by atomic mass is 10.0. The molecule has 0 aromatic heterocycles. The molecule has 0 saturated carbocycles. The predicted octanol–water partition coefficient (Wildman–Crippen LogP) is 4.18. The van der Waals surface area contributed by atoms with Crippen LogP contribution in [0.1, 0.15) is 36.1 Å². The molecule has 4 rings (SSSR count). The van der Waals surface area contributed by atoms with Crippen molar-refractivity contribution in [2.24, 2.45) is 0 Å². The highest BCUT2D eigenvalue weighted by Crippen LogP contribution is 2.30. The third-order valence-corrected chi connectivity index (χ3v) is 5.75. The normalized spacial score (nSPS) is 12.9. The molecule has 3 aromatic carbocycles. The summed E-state index contributed by atoms with van der Waals surface area (Å²) in [6, 6.07) is 21.4. The van der Waals surface area contributed by atoms with E-state index in [1.807, 2.05) is 42.5 Å². The number of carbonyl (C=O) groups is 2. The molecular weight excluding hydrogens is 416 g/mol. The molecule has 2 amide bonds. The van der Waals surface area contributed by atoms with Crippen molar-refractivity contribution >= 4 is 11.8 Å². The zero-order chi connectivity index (χ0) is 23.2. The SMILES string of the molecule is COc1ccc(C(CC(=O)NCc2ccc(-c3ccc4c(c3)CCO4)cc2)NC(C)=O)cc1. The van der Waals surface area contributed by atoms with Crippen LogP contribution in [0, 0.1) is 0 Å². The molecule has 1 atom stereocenters. The first-order valence-corrected chi connectivity index (χ1v) is 11.0. The smallest absolute Gasteiger partial charge is 0.222 e. The maximum Gasteiger partial charge on any atom is 0.222 e. The molecule has 0 spiro atoms. The summed E-state index contributed by atoms with van der Waals surface area (Å²) in [6.07, 6.45) is 1.10. The van der Waals surface area contributed by atoms with Crippen molar-refractivity contribution in [2.45, 2.75) is 32.4 Å². The number of nitrogens with one attached hydrogen (secondary N) is 2. The number of rotatable bonds is 8. The summed E-state index contributed by atoms with van der Waals surface area (Å²) in [5.74, 6) is 1.39. The summed E-state index contributed by atoms with van der Waals surface area (Å²) in [7, 11) is 1.60. The third-order valence-electron chi connectivity index (χ3n) is 5.75. The third kappa shape index (κ3) is 5.71. The first-order chi connectivity index (χ1) is 16.0. The molecule has 3 aromatic rings. The lowest BCUT2D eigenvalue weighted by Gasteiger charge is -2.18. The topological polar surface area (TPSA) is 76.7 Å². The second kappa shape index (κ2) is 10.2. The maximum absolute atomic E-state index is 12.6. The van der Waals surface area contributed by atoms with Crippen molar-refractivity contribution in [3.05, 3.63) is 83.4 Å². The lowest BCUT2D eigenvalue weighted by molar-refractivity contribution is -0.122. The molecule has 1 heterocycles. The monoisotopic (exact) mass is 444 g/mol. The molecule has 1 aliphatic heterocycles. The minimum absolute atomic E-state index is 0.132. The Bertz CT molecular complexity index is 1120. The van der Waals surface area contributed by atoms with Gasteiger partial charge >= 0.3 is 0 Å². The van der Waals surface area contributed by atoms with E-state index in [0.717, 1.165) is 46.8 Å². The molecule has 0 saturated heterocycles. The number of hydrogen-bond acceptors (Lipinski definition) is 4. The fourth-order valence-corrected chi connectivity index (χ4v) is 3.97. The molecule has 0 aliphatic carbocycles.